The van der Waals surface area contributed by atoms with Crippen molar-refractivity contribution in [3.8, 4) is 5.75 Å². The maximum atomic E-state index is 12.9. The van der Waals surface area contributed by atoms with Crippen molar-refractivity contribution in [3.05, 3.63) is 63.6 Å². The quantitative estimate of drug-likeness (QED) is 0.623. The number of halogens is 2. The predicted molar refractivity (Wildman–Crippen MR) is 116 cm³/mol. The van der Waals surface area contributed by atoms with Crippen LogP contribution in [-0.2, 0) is 16.1 Å². The van der Waals surface area contributed by atoms with Crippen molar-refractivity contribution in [2.75, 3.05) is 13.2 Å². The van der Waals surface area contributed by atoms with Crippen LogP contribution in [0.2, 0.25) is 10.0 Å². The van der Waals surface area contributed by atoms with E-state index < -0.39 is 6.04 Å². The van der Waals surface area contributed by atoms with Gasteiger partial charge in [0.1, 0.15) is 11.8 Å². The van der Waals surface area contributed by atoms with Crippen molar-refractivity contribution >= 4 is 35.0 Å². The Bertz CT molecular complexity index is 858. The SMILES string of the molecule is CCCNC(=O)[C@H](C)N(Cc1cccc(Cl)c1)C(=O)COc1ccc(Cl)c(C)c1. The number of benzene rings is 2. The molecule has 156 valence electrons. The molecule has 0 aliphatic heterocycles. The van der Waals surface area contributed by atoms with Gasteiger partial charge in [-0.2, -0.15) is 0 Å². The third-order valence-electron chi connectivity index (χ3n) is 4.45. The summed E-state index contributed by atoms with van der Waals surface area (Å²) in [5, 5.41) is 4.04. The first kappa shape index (κ1) is 23.0. The topological polar surface area (TPSA) is 58.6 Å². The van der Waals surface area contributed by atoms with Gasteiger partial charge in [0.25, 0.3) is 5.91 Å². The van der Waals surface area contributed by atoms with Crippen molar-refractivity contribution in [3.63, 3.8) is 0 Å². The first-order chi connectivity index (χ1) is 13.8. The number of aryl methyl sites for hydroxylation is 1. The van der Waals surface area contributed by atoms with Gasteiger partial charge in [0.15, 0.2) is 6.61 Å². The molecule has 2 amide bonds. The number of amides is 2. The molecule has 0 fully saturated rings. The second-order valence-corrected chi connectivity index (χ2v) is 7.66. The van der Waals surface area contributed by atoms with Gasteiger partial charge in [0.05, 0.1) is 0 Å². The van der Waals surface area contributed by atoms with E-state index in [1.54, 1.807) is 37.3 Å². The molecule has 1 atom stereocenters. The molecule has 0 aliphatic carbocycles. The molecule has 29 heavy (non-hydrogen) atoms. The average molecular weight is 437 g/mol. The van der Waals surface area contributed by atoms with Gasteiger partial charge < -0.3 is 15.0 Å². The summed E-state index contributed by atoms with van der Waals surface area (Å²) in [5.74, 6) is 0.0485. The fourth-order valence-corrected chi connectivity index (χ4v) is 3.08. The highest BCUT2D eigenvalue weighted by Gasteiger charge is 2.26. The fraction of sp³-hybridized carbons (Fsp3) is 0.364. The lowest BCUT2D eigenvalue weighted by Crippen LogP contribution is -2.49. The zero-order valence-corrected chi connectivity index (χ0v) is 18.4. The van der Waals surface area contributed by atoms with E-state index in [4.69, 9.17) is 27.9 Å². The van der Waals surface area contributed by atoms with Crippen molar-refractivity contribution in [1.82, 2.24) is 10.2 Å². The fourth-order valence-electron chi connectivity index (χ4n) is 2.75. The molecule has 0 spiro atoms. The second-order valence-electron chi connectivity index (χ2n) is 6.82. The smallest absolute Gasteiger partial charge is 0.261 e. The second kappa shape index (κ2) is 11.1. The molecular weight excluding hydrogens is 411 g/mol. The molecule has 0 bridgehead atoms. The molecule has 2 aromatic rings. The van der Waals surface area contributed by atoms with E-state index in [-0.39, 0.29) is 25.0 Å². The standard InChI is InChI=1S/C22H26Cl2N2O3/c1-4-10-25-22(28)16(3)26(13-17-6-5-7-18(23)12-17)21(27)14-29-19-8-9-20(24)15(2)11-19/h5-9,11-12,16H,4,10,13-14H2,1-3H3,(H,25,28)/t16-/m0/s1. The van der Waals surface area contributed by atoms with Gasteiger partial charge in [-0.25, -0.2) is 0 Å². The van der Waals surface area contributed by atoms with Crippen molar-refractivity contribution < 1.29 is 14.3 Å². The number of nitrogens with zero attached hydrogens (tertiary/aromatic N) is 1. The Labute approximate surface area is 181 Å². The van der Waals surface area contributed by atoms with Crippen LogP contribution in [-0.4, -0.2) is 35.9 Å². The minimum absolute atomic E-state index is 0.187. The lowest BCUT2D eigenvalue weighted by atomic mass is 10.1. The Kier molecular flexibility index (Phi) is 8.80. The van der Waals surface area contributed by atoms with Crippen LogP contribution in [0.25, 0.3) is 0 Å². The Morgan fingerprint density at radius 2 is 1.93 bits per heavy atom. The van der Waals surface area contributed by atoms with Crippen LogP contribution < -0.4 is 10.1 Å². The number of nitrogens with one attached hydrogen (secondary N) is 1. The lowest BCUT2D eigenvalue weighted by molar-refractivity contribution is -0.142. The highest BCUT2D eigenvalue weighted by Crippen LogP contribution is 2.21. The Hall–Kier alpha value is -2.24. The van der Waals surface area contributed by atoms with E-state index in [1.807, 2.05) is 26.0 Å². The number of hydrogen-bond donors (Lipinski definition) is 1. The summed E-state index contributed by atoms with van der Waals surface area (Å²) in [5.41, 5.74) is 1.70. The summed E-state index contributed by atoms with van der Waals surface area (Å²) in [7, 11) is 0. The lowest BCUT2D eigenvalue weighted by Gasteiger charge is -2.28. The maximum absolute atomic E-state index is 12.9. The number of rotatable bonds is 9. The van der Waals surface area contributed by atoms with Gasteiger partial charge >= 0.3 is 0 Å². The van der Waals surface area contributed by atoms with Crippen LogP contribution >= 0.6 is 23.2 Å². The van der Waals surface area contributed by atoms with Gasteiger partial charge in [0.2, 0.25) is 5.91 Å². The molecule has 2 aromatic carbocycles. The summed E-state index contributed by atoms with van der Waals surface area (Å²) < 4.78 is 5.65. The molecule has 0 radical (unpaired) electrons. The molecule has 1 N–H and O–H groups in total. The summed E-state index contributed by atoms with van der Waals surface area (Å²) in [4.78, 5) is 26.9. The minimum atomic E-state index is -0.649. The number of ether oxygens (including phenoxy) is 1. The van der Waals surface area contributed by atoms with E-state index in [9.17, 15) is 9.59 Å². The number of hydrogen-bond acceptors (Lipinski definition) is 3. The Morgan fingerprint density at radius 1 is 1.17 bits per heavy atom. The summed E-state index contributed by atoms with van der Waals surface area (Å²) in [6, 6.07) is 11.8. The molecule has 0 unspecified atom stereocenters. The molecule has 2 rings (SSSR count). The van der Waals surface area contributed by atoms with Gasteiger partial charge in [-0.05, 0) is 61.7 Å². The molecule has 7 heteroatoms. The van der Waals surface area contributed by atoms with Crippen LogP contribution in [0.5, 0.6) is 5.75 Å². The zero-order valence-electron chi connectivity index (χ0n) is 16.9. The van der Waals surface area contributed by atoms with Crippen LogP contribution in [0.3, 0.4) is 0 Å². The molecule has 0 heterocycles. The average Bonchev–Trinajstić information content (AvgIpc) is 2.70. The minimum Gasteiger partial charge on any atom is -0.484 e. The van der Waals surface area contributed by atoms with E-state index in [1.165, 1.54) is 4.90 Å². The van der Waals surface area contributed by atoms with E-state index >= 15 is 0 Å². The summed E-state index contributed by atoms with van der Waals surface area (Å²) in [6.45, 7) is 6.17. The van der Waals surface area contributed by atoms with Crippen LogP contribution in [0.4, 0.5) is 0 Å². The predicted octanol–water partition coefficient (Wildman–Crippen LogP) is 4.62. The first-order valence-corrected chi connectivity index (χ1v) is 10.3. The highest BCUT2D eigenvalue weighted by molar-refractivity contribution is 6.31. The van der Waals surface area contributed by atoms with Crippen molar-refractivity contribution in [2.45, 2.75) is 39.8 Å². The molecule has 0 aliphatic rings. The van der Waals surface area contributed by atoms with E-state index in [2.05, 4.69) is 5.32 Å². The van der Waals surface area contributed by atoms with Crippen molar-refractivity contribution in [2.24, 2.45) is 0 Å². The molecule has 5 nitrogen and oxygen atoms in total. The molecule has 0 aromatic heterocycles. The Balaban J connectivity index is 2.14. The van der Waals surface area contributed by atoms with Gasteiger partial charge in [-0.15, -0.1) is 0 Å². The summed E-state index contributed by atoms with van der Waals surface area (Å²) >= 11 is 12.1. The third kappa shape index (κ3) is 6.94. The van der Waals surface area contributed by atoms with Gasteiger partial charge in [-0.1, -0.05) is 42.3 Å². The summed E-state index contributed by atoms with van der Waals surface area (Å²) in [6.07, 6.45) is 0.819. The largest absolute Gasteiger partial charge is 0.484 e. The normalized spacial score (nSPS) is 11.6. The number of carbonyl (C=O) groups excluding carboxylic acids is 2. The van der Waals surface area contributed by atoms with Gasteiger partial charge in [0, 0.05) is 23.1 Å². The zero-order chi connectivity index (χ0) is 21.4. The van der Waals surface area contributed by atoms with E-state index in [0.29, 0.717) is 22.3 Å². The van der Waals surface area contributed by atoms with E-state index in [0.717, 1.165) is 17.5 Å². The maximum Gasteiger partial charge on any atom is 0.261 e. The molecular formula is C22H26Cl2N2O3. The van der Waals surface area contributed by atoms with Crippen LogP contribution in [0, 0.1) is 6.92 Å². The Morgan fingerprint density at radius 3 is 2.59 bits per heavy atom. The molecule has 0 saturated carbocycles. The molecule has 0 saturated heterocycles. The first-order valence-electron chi connectivity index (χ1n) is 9.52. The monoisotopic (exact) mass is 436 g/mol. The van der Waals surface area contributed by atoms with Crippen LogP contribution in [0.15, 0.2) is 42.5 Å². The van der Waals surface area contributed by atoms with Gasteiger partial charge in [-0.3, -0.25) is 9.59 Å². The third-order valence-corrected chi connectivity index (χ3v) is 5.11. The number of carbonyl (C=O) groups is 2. The van der Waals surface area contributed by atoms with Crippen LogP contribution in [0.1, 0.15) is 31.4 Å². The van der Waals surface area contributed by atoms with Crippen molar-refractivity contribution in [1.29, 1.82) is 0 Å². The highest BCUT2D eigenvalue weighted by atomic mass is 35.5.